The van der Waals surface area contributed by atoms with E-state index in [0.717, 1.165) is 51.4 Å². The summed E-state index contributed by atoms with van der Waals surface area (Å²) in [5, 5.41) is 0. The van der Waals surface area contributed by atoms with E-state index >= 15 is 0 Å². The van der Waals surface area contributed by atoms with Crippen molar-refractivity contribution in [2.24, 2.45) is 0 Å². The van der Waals surface area contributed by atoms with Crippen LogP contribution in [0.15, 0.2) is 0 Å². The van der Waals surface area contributed by atoms with E-state index in [1.54, 1.807) is 0 Å². The SMILES string of the molecule is BB(B)B(B(B)B)B(B(B)B)C(B(B(B(B)B)B(B)B)B(B(B)B)B(B)B)B(B(B(B)B)B(B)B)B(B(B)B)B(B)B. The fraction of sp³-hybridized carbons (Fsp3) is 1.00. The molecular formula is CH45B41. The van der Waals surface area contributed by atoms with Crippen LogP contribution in [0.4, 0.5) is 0 Å². The fourth-order valence-corrected chi connectivity index (χ4v) is 11.7. The molecular weight excluding hydrogens is 455 g/mol. The normalized spacial score (nSPS) is 9.83. The standard InChI is InChI=1S/CH45B41/c2-27(3)24(38(28(4)5)29(6)7)1(25(39(30(8)9)31(10)11)40(32(12)13)33(14)15)26(41(34(16)17)35(18)19)42(36(20)21)37(22)23/h1H,2-23H2. The van der Waals surface area contributed by atoms with E-state index in [1.165, 1.54) is 0 Å². The van der Waals surface area contributed by atoms with Gasteiger partial charge in [-0.2, -0.15) is 0 Å². The predicted molar refractivity (Wildman–Crippen MR) is 301 cm³/mol. The summed E-state index contributed by atoms with van der Waals surface area (Å²) in [5.41, 5.74) is 0.717. The zero-order chi connectivity index (χ0) is 33.5. The number of rotatable bonds is 19. The Hall–Kier alpha value is 2.66. The van der Waals surface area contributed by atoms with Gasteiger partial charge in [0.2, 0.25) is 0 Å². The van der Waals surface area contributed by atoms with E-state index in [4.69, 9.17) is 0 Å². The molecule has 0 fully saturated rings. The number of hydrogen-bond acceptors (Lipinski definition) is 0. The largest absolute Gasteiger partial charge is 0.146 e. The van der Waals surface area contributed by atoms with Gasteiger partial charge in [0.25, 0.3) is 0 Å². The second-order valence-corrected chi connectivity index (χ2v) is 18.9. The van der Waals surface area contributed by atoms with Crippen molar-refractivity contribution in [1.29, 1.82) is 0 Å². The highest BCUT2D eigenvalue weighted by Gasteiger charge is 2.57. The summed E-state index contributed by atoms with van der Waals surface area (Å²) < 4.78 is 0. The molecule has 0 aliphatic carbocycles. The molecule has 0 saturated heterocycles. The van der Waals surface area contributed by atoms with Crippen molar-refractivity contribution in [1.82, 2.24) is 0 Å². The molecule has 42 heavy (non-hydrogen) atoms. The molecule has 0 aromatic carbocycles. The molecule has 0 aromatic heterocycles. The lowest BCUT2D eigenvalue weighted by atomic mass is 8.38. The maximum absolute atomic E-state index is 2.61. The lowest BCUT2D eigenvalue weighted by Gasteiger charge is -2.55. The molecule has 0 spiro atoms. The molecule has 41 heteroatoms. The van der Waals surface area contributed by atoms with Crippen molar-refractivity contribution in [3.8, 4) is 0 Å². The molecule has 0 saturated carbocycles. The highest BCUT2D eigenvalue weighted by atomic mass is 13.7. The van der Waals surface area contributed by atoms with E-state index in [0.29, 0.717) is 75.9 Å². The zero-order valence-electron chi connectivity index (χ0n) is 33.5. The van der Waals surface area contributed by atoms with E-state index in [1.807, 2.05) is 0 Å². The monoisotopic (exact) mass is 509 g/mol. The van der Waals surface area contributed by atoms with Gasteiger partial charge in [-0.25, -0.2) is 0 Å². The van der Waals surface area contributed by atoms with Crippen molar-refractivity contribution < 1.29 is 0 Å². The van der Waals surface area contributed by atoms with Crippen molar-refractivity contribution in [3.05, 3.63) is 0 Å². The first-order chi connectivity index (χ1) is 19.0. The summed E-state index contributed by atoms with van der Waals surface area (Å²) >= 11 is 0. The first-order valence-electron chi connectivity index (χ1n) is 19.0. The zero-order valence-corrected chi connectivity index (χ0v) is 33.5. The maximum Gasteiger partial charge on any atom is 0.0559 e. The van der Waals surface area contributed by atoms with Crippen molar-refractivity contribution in [2.75, 3.05) is 0 Å². The lowest BCUT2D eigenvalue weighted by molar-refractivity contribution is 1.80. The second kappa shape index (κ2) is 20.2. The van der Waals surface area contributed by atoms with Gasteiger partial charge in [-0.15, -0.1) is 5.62 Å². The molecule has 0 nitrogen and oxygen atoms in total. The van der Waals surface area contributed by atoms with Crippen LogP contribution >= 0.6 is 0 Å². The highest BCUT2D eigenvalue weighted by molar-refractivity contribution is 8.15. The molecule has 0 amide bonds. The summed E-state index contributed by atoms with van der Waals surface area (Å²) in [7, 11) is 56.5. The molecule has 0 unspecified atom stereocenters. The van der Waals surface area contributed by atoms with E-state index in [9.17, 15) is 0 Å². The summed E-state index contributed by atoms with van der Waals surface area (Å²) in [4.78, 5) is 0. The average Bonchev–Trinajstić information content (AvgIpc) is 2.75. The quantitative estimate of drug-likeness (QED) is 0.155. The van der Waals surface area contributed by atoms with Crippen LogP contribution in [0.5, 0.6) is 0 Å². The van der Waals surface area contributed by atoms with Gasteiger partial charge >= 0.3 is 0 Å². The molecule has 0 atom stereocenters. The molecule has 172 valence electrons. The van der Waals surface area contributed by atoms with Crippen molar-refractivity contribution in [3.63, 3.8) is 0 Å². The van der Waals surface area contributed by atoms with Gasteiger partial charge in [0.15, 0.2) is 0 Å². The van der Waals surface area contributed by atoms with E-state index in [2.05, 4.69) is 170 Å². The lowest BCUT2D eigenvalue weighted by Crippen LogP contribution is -2.86. The number of hydrogen-bond donors (Lipinski definition) is 0. The average molecular weight is 501 g/mol. The van der Waals surface area contributed by atoms with E-state index < -0.39 is 0 Å². The van der Waals surface area contributed by atoms with Crippen LogP contribution in [-0.4, -0.2) is 292 Å². The smallest absolute Gasteiger partial charge is 0.0559 e. The molecule has 0 rings (SSSR count). The van der Waals surface area contributed by atoms with E-state index in [-0.39, 0.29) is 0 Å². The summed E-state index contributed by atoms with van der Waals surface area (Å²) in [6.45, 7) is 2.17. The highest BCUT2D eigenvalue weighted by Crippen LogP contribution is 2.30. The first-order valence-corrected chi connectivity index (χ1v) is 19.0. The third-order valence-corrected chi connectivity index (χ3v) is 12.0. The minimum Gasteiger partial charge on any atom is -0.146 e. The second-order valence-electron chi connectivity index (χ2n) is 18.9. The van der Waals surface area contributed by atoms with Gasteiger partial charge in [0.05, 0.1) is 170 Å². The van der Waals surface area contributed by atoms with Gasteiger partial charge < -0.3 is 0 Å². The molecule has 0 aliphatic heterocycles. The summed E-state index contributed by atoms with van der Waals surface area (Å²) in [6.07, 6.45) is 11.2. The van der Waals surface area contributed by atoms with Gasteiger partial charge in [-0.1, -0.05) is 0 Å². The van der Waals surface area contributed by atoms with Crippen LogP contribution in [0, 0.1) is 0 Å². The Morgan fingerprint density at radius 2 is 0.333 bits per heavy atom. The Bertz CT molecular complexity index is 570. The van der Waals surface area contributed by atoms with Crippen LogP contribution in [0.1, 0.15) is 0 Å². The van der Waals surface area contributed by atoms with Crippen molar-refractivity contribution in [2.45, 2.75) is 5.62 Å². The third-order valence-electron chi connectivity index (χ3n) is 12.0. The molecule has 0 heterocycles. The van der Waals surface area contributed by atoms with Crippen LogP contribution in [-0.2, 0) is 0 Å². The van der Waals surface area contributed by atoms with Crippen LogP contribution in [0.2, 0.25) is 5.62 Å². The van der Waals surface area contributed by atoms with Crippen LogP contribution in [0.3, 0.4) is 0 Å². The molecule has 0 bridgehead atoms. The molecule has 0 N–H and O–H groups in total. The Kier molecular flexibility index (Phi) is 21.5. The third kappa shape index (κ3) is 12.0. The van der Waals surface area contributed by atoms with Gasteiger partial charge in [0.1, 0.15) is 0 Å². The van der Waals surface area contributed by atoms with Crippen LogP contribution < -0.4 is 0 Å². The van der Waals surface area contributed by atoms with Gasteiger partial charge in [-0.05, 0) is 0 Å². The fourth-order valence-electron chi connectivity index (χ4n) is 11.7. The molecule has 0 aliphatic rings. The maximum atomic E-state index is 2.61. The summed E-state index contributed by atoms with van der Waals surface area (Å²) in [5.74, 6) is 0. The van der Waals surface area contributed by atoms with Gasteiger partial charge in [0, 0.05) is 122 Å². The first kappa shape index (κ1) is 44.7. The Labute approximate surface area is 295 Å². The van der Waals surface area contributed by atoms with Crippen LogP contribution in [0.25, 0.3) is 0 Å². The molecule has 0 radical (unpaired) electrons. The molecule has 0 aromatic rings. The van der Waals surface area contributed by atoms with Gasteiger partial charge in [-0.3, -0.25) is 0 Å². The Morgan fingerprint density at radius 3 is 0.452 bits per heavy atom. The Balaban J connectivity index is 8.59. The topological polar surface area (TPSA) is 0 Å². The predicted octanol–water partition coefficient (Wildman–Crippen LogP) is -27.1. The van der Waals surface area contributed by atoms with Crippen molar-refractivity contribution >= 4 is 292 Å². The minimum absolute atomic E-state index is 0.676. The summed E-state index contributed by atoms with van der Waals surface area (Å²) in [6, 6.07) is 0. The Morgan fingerprint density at radius 1 is 0.190 bits per heavy atom. The minimum atomic E-state index is 0.676.